The first-order valence-electron chi connectivity index (χ1n) is 5.77. The Morgan fingerprint density at radius 3 is 2.75 bits per heavy atom. The van der Waals surface area contributed by atoms with E-state index in [1.54, 1.807) is 6.92 Å². The topological polar surface area (TPSA) is 12.0 Å². The maximum Gasteiger partial charge on any atom is 0.133 e. The van der Waals surface area contributed by atoms with Crippen molar-refractivity contribution < 1.29 is 8.78 Å². The molecule has 0 saturated carbocycles. The lowest BCUT2D eigenvalue weighted by Crippen LogP contribution is -2.32. The van der Waals surface area contributed by atoms with Crippen LogP contribution in [0, 0.1) is 24.5 Å². The summed E-state index contributed by atoms with van der Waals surface area (Å²) in [6, 6.07) is 2.67. The van der Waals surface area contributed by atoms with Crippen LogP contribution in [-0.4, -0.2) is 6.54 Å². The molecule has 16 heavy (non-hydrogen) atoms. The van der Waals surface area contributed by atoms with Crippen molar-refractivity contribution in [3.8, 4) is 0 Å². The van der Waals surface area contributed by atoms with Crippen molar-refractivity contribution in [2.75, 3.05) is 6.54 Å². The van der Waals surface area contributed by atoms with Crippen LogP contribution in [0.3, 0.4) is 0 Å². The number of hydrogen-bond acceptors (Lipinski definition) is 1. The van der Waals surface area contributed by atoms with Gasteiger partial charge in [-0.3, -0.25) is 0 Å². The van der Waals surface area contributed by atoms with Gasteiger partial charge in [0, 0.05) is 11.6 Å². The Bertz CT molecular complexity index is 390. The smallest absolute Gasteiger partial charge is 0.133 e. The van der Waals surface area contributed by atoms with Crippen LogP contribution in [0.15, 0.2) is 12.1 Å². The number of halogens is 2. The van der Waals surface area contributed by atoms with Crippen molar-refractivity contribution in [3.05, 3.63) is 34.9 Å². The van der Waals surface area contributed by atoms with E-state index in [0.29, 0.717) is 11.5 Å². The summed E-state index contributed by atoms with van der Waals surface area (Å²) in [6.07, 6.45) is 1.88. The minimum Gasteiger partial charge on any atom is -0.310 e. The number of benzene rings is 1. The van der Waals surface area contributed by atoms with Crippen molar-refractivity contribution in [2.45, 2.75) is 32.7 Å². The molecule has 0 aliphatic carbocycles. The molecule has 1 N–H and O–H groups in total. The van der Waals surface area contributed by atoms with E-state index in [9.17, 15) is 8.78 Å². The second-order valence-electron chi connectivity index (χ2n) is 4.73. The molecule has 0 amide bonds. The van der Waals surface area contributed by atoms with Gasteiger partial charge in [-0.15, -0.1) is 0 Å². The van der Waals surface area contributed by atoms with Crippen LogP contribution >= 0.6 is 0 Å². The zero-order valence-electron chi connectivity index (χ0n) is 9.69. The van der Waals surface area contributed by atoms with E-state index in [0.717, 1.165) is 19.4 Å². The van der Waals surface area contributed by atoms with Crippen LogP contribution in [0.5, 0.6) is 0 Å². The van der Waals surface area contributed by atoms with Crippen molar-refractivity contribution in [1.82, 2.24) is 5.32 Å². The summed E-state index contributed by atoms with van der Waals surface area (Å²) in [4.78, 5) is 0. The van der Waals surface area contributed by atoms with Gasteiger partial charge in [0.25, 0.3) is 0 Å². The Morgan fingerprint density at radius 1 is 1.31 bits per heavy atom. The highest BCUT2D eigenvalue weighted by atomic mass is 19.1. The zero-order chi connectivity index (χ0) is 11.7. The minimum absolute atomic E-state index is 0.177. The quantitative estimate of drug-likeness (QED) is 0.773. The van der Waals surface area contributed by atoms with Gasteiger partial charge in [0.1, 0.15) is 11.6 Å². The van der Waals surface area contributed by atoms with E-state index < -0.39 is 11.6 Å². The summed E-state index contributed by atoms with van der Waals surface area (Å²) in [5.41, 5.74) is 0.725. The molecule has 1 heterocycles. The van der Waals surface area contributed by atoms with Gasteiger partial charge in [0.05, 0.1) is 0 Å². The van der Waals surface area contributed by atoms with Crippen molar-refractivity contribution in [2.24, 2.45) is 5.92 Å². The van der Waals surface area contributed by atoms with Crippen LogP contribution in [0.1, 0.15) is 36.9 Å². The van der Waals surface area contributed by atoms with Crippen molar-refractivity contribution in [3.63, 3.8) is 0 Å². The Labute approximate surface area is 94.9 Å². The second-order valence-corrected chi connectivity index (χ2v) is 4.73. The number of hydrogen-bond donors (Lipinski definition) is 1. The summed E-state index contributed by atoms with van der Waals surface area (Å²) >= 11 is 0. The number of aryl methyl sites for hydroxylation is 1. The molecular formula is C13H17F2N. The van der Waals surface area contributed by atoms with E-state index >= 15 is 0 Å². The minimum atomic E-state index is -0.435. The maximum atomic E-state index is 13.9. The Morgan fingerprint density at radius 2 is 2.06 bits per heavy atom. The van der Waals surface area contributed by atoms with Gasteiger partial charge in [0.2, 0.25) is 0 Å². The fraction of sp³-hybridized carbons (Fsp3) is 0.538. The summed E-state index contributed by atoms with van der Waals surface area (Å²) in [5.74, 6) is -0.313. The molecule has 0 bridgehead atoms. The SMILES string of the molecule is Cc1ccc(F)c(C2CC(C)CCN2)c1F. The molecule has 1 saturated heterocycles. The average Bonchev–Trinajstić information content (AvgIpc) is 2.24. The maximum absolute atomic E-state index is 13.9. The monoisotopic (exact) mass is 225 g/mol. The van der Waals surface area contributed by atoms with Gasteiger partial charge in [0.15, 0.2) is 0 Å². The first kappa shape index (κ1) is 11.5. The Hall–Kier alpha value is -0.960. The van der Waals surface area contributed by atoms with Gasteiger partial charge >= 0.3 is 0 Å². The van der Waals surface area contributed by atoms with E-state index in [2.05, 4.69) is 12.2 Å². The highest BCUT2D eigenvalue weighted by Gasteiger charge is 2.25. The van der Waals surface area contributed by atoms with Gasteiger partial charge < -0.3 is 5.32 Å². The molecule has 3 heteroatoms. The molecule has 88 valence electrons. The number of nitrogens with one attached hydrogen (secondary N) is 1. The largest absolute Gasteiger partial charge is 0.310 e. The molecule has 1 fully saturated rings. The zero-order valence-corrected chi connectivity index (χ0v) is 9.69. The van der Waals surface area contributed by atoms with Gasteiger partial charge in [-0.2, -0.15) is 0 Å². The highest BCUT2D eigenvalue weighted by molar-refractivity contribution is 5.29. The lowest BCUT2D eigenvalue weighted by molar-refractivity contribution is 0.311. The molecule has 0 aromatic heterocycles. The summed E-state index contributed by atoms with van der Waals surface area (Å²) in [5, 5.41) is 3.19. The third-order valence-corrected chi connectivity index (χ3v) is 3.33. The van der Waals surface area contributed by atoms with E-state index in [1.165, 1.54) is 12.1 Å². The summed E-state index contributed by atoms with van der Waals surface area (Å²) in [6.45, 7) is 4.63. The Balaban J connectivity index is 2.35. The average molecular weight is 225 g/mol. The van der Waals surface area contributed by atoms with Crippen LogP contribution in [0.25, 0.3) is 0 Å². The van der Waals surface area contributed by atoms with Gasteiger partial charge in [-0.25, -0.2) is 8.78 Å². The normalized spacial score (nSPS) is 25.8. The molecule has 0 radical (unpaired) electrons. The first-order chi connectivity index (χ1) is 7.59. The summed E-state index contributed by atoms with van der Waals surface area (Å²) < 4.78 is 27.6. The van der Waals surface area contributed by atoms with Crippen LogP contribution < -0.4 is 5.32 Å². The lowest BCUT2D eigenvalue weighted by Gasteiger charge is -2.29. The first-order valence-corrected chi connectivity index (χ1v) is 5.77. The molecule has 1 aromatic carbocycles. The van der Waals surface area contributed by atoms with Crippen molar-refractivity contribution in [1.29, 1.82) is 0 Å². The van der Waals surface area contributed by atoms with Crippen molar-refractivity contribution >= 4 is 0 Å². The third-order valence-electron chi connectivity index (χ3n) is 3.33. The third kappa shape index (κ3) is 2.09. The summed E-state index contributed by atoms with van der Waals surface area (Å²) in [7, 11) is 0. The predicted molar refractivity (Wildman–Crippen MR) is 60.2 cm³/mol. The van der Waals surface area contributed by atoms with Gasteiger partial charge in [-0.1, -0.05) is 13.0 Å². The Kier molecular flexibility index (Phi) is 3.24. The van der Waals surface area contributed by atoms with Crippen LogP contribution in [0.2, 0.25) is 0 Å². The molecule has 2 rings (SSSR count). The molecular weight excluding hydrogens is 208 g/mol. The second kappa shape index (κ2) is 4.50. The molecule has 1 nitrogen and oxygen atoms in total. The van der Waals surface area contributed by atoms with E-state index in [1.807, 2.05) is 0 Å². The number of piperidine rings is 1. The molecule has 1 aliphatic rings. The van der Waals surface area contributed by atoms with E-state index in [4.69, 9.17) is 0 Å². The predicted octanol–water partition coefficient (Wildman–Crippen LogP) is 3.33. The molecule has 0 spiro atoms. The fourth-order valence-corrected chi connectivity index (χ4v) is 2.33. The molecule has 1 aliphatic heterocycles. The molecule has 2 atom stereocenters. The molecule has 2 unspecified atom stereocenters. The fourth-order valence-electron chi connectivity index (χ4n) is 2.33. The highest BCUT2D eigenvalue weighted by Crippen LogP contribution is 2.31. The van der Waals surface area contributed by atoms with Crippen LogP contribution in [0.4, 0.5) is 8.78 Å². The standard InChI is InChI=1S/C13H17F2N/c1-8-5-6-16-11(7-8)12-10(14)4-3-9(2)13(12)15/h3-4,8,11,16H,5-7H2,1-2H3. The van der Waals surface area contributed by atoms with Crippen LogP contribution in [-0.2, 0) is 0 Å². The molecule has 1 aromatic rings. The van der Waals surface area contributed by atoms with E-state index in [-0.39, 0.29) is 11.6 Å². The van der Waals surface area contributed by atoms with Gasteiger partial charge in [-0.05, 0) is 43.9 Å². The number of rotatable bonds is 1. The lowest BCUT2D eigenvalue weighted by atomic mass is 9.89.